The molecule has 2 aromatic carbocycles. The van der Waals surface area contributed by atoms with Gasteiger partial charge in [0, 0.05) is 49.0 Å². The highest BCUT2D eigenvalue weighted by Gasteiger charge is 2.38. The Morgan fingerprint density at radius 3 is 2.41 bits per heavy atom. The molecule has 0 aliphatic carbocycles. The van der Waals surface area contributed by atoms with Crippen LogP contribution in [0.15, 0.2) is 65.7 Å². The van der Waals surface area contributed by atoms with Crippen molar-refractivity contribution in [2.45, 2.75) is 44.8 Å². The van der Waals surface area contributed by atoms with E-state index < -0.39 is 11.2 Å². The van der Waals surface area contributed by atoms with Crippen LogP contribution in [0.3, 0.4) is 0 Å². The van der Waals surface area contributed by atoms with Crippen molar-refractivity contribution in [1.82, 2.24) is 14.5 Å². The topological polar surface area (TPSA) is 115 Å². The molecule has 4 heterocycles. The zero-order chi connectivity index (χ0) is 31.1. The highest BCUT2D eigenvalue weighted by atomic mass is 16.6. The average Bonchev–Trinajstić information content (AvgIpc) is 3.48. The first-order valence-corrected chi connectivity index (χ1v) is 15.0. The van der Waals surface area contributed by atoms with Crippen LogP contribution in [0.4, 0.5) is 4.79 Å². The Hall–Kier alpha value is -4.28. The molecule has 10 nitrogen and oxygen atoms in total. The molecule has 1 amide bonds. The van der Waals surface area contributed by atoms with E-state index in [0.29, 0.717) is 42.6 Å². The van der Waals surface area contributed by atoms with Crippen molar-refractivity contribution in [2.24, 2.45) is 13.0 Å². The molecule has 4 aromatic rings. The molecule has 2 fully saturated rings. The maximum Gasteiger partial charge on any atom is 0.410 e. The first-order valence-electron chi connectivity index (χ1n) is 15.0. The van der Waals surface area contributed by atoms with Gasteiger partial charge in [0.15, 0.2) is 0 Å². The molecule has 0 radical (unpaired) electrons. The van der Waals surface area contributed by atoms with Crippen LogP contribution >= 0.6 is 0 Å². The third-order valence-corrected chi connectivity index (χ3v) is 8.19. The number of piperidine rings is 1. The van der Waals surface area contributed by atoms with E-state index in [1.165, 1.54) is 0 Å². The van der Waals surface area contributed by atoms with Crippen LogP contribution in [-0.2, 0) is 22.1 Å². The summed E-state index contributed by atoms with van der Waals surface area (Å²) in [6.07, 6.45) is 5.00. The summed E-state index contributed by atoms with van der Waals surface area (Å²) in [5.41, 5.74) is 1.11. The maximum atomic E-state index is 12.7. The number of H-pyrrole nitrogens is 1. The number of aliphatic hydroxyl groups is 1. The molecule has 232 valence electrons. The number of nitrogens with one attached hydrogen (secondary N) is 1. The molecule has 6 rings (SSSR count). The summed E-state index contributed by atoms with van der Waals surface area (Å²) in [7, 11) is 1.72. The SMILES string of the molecule is Cn1cc(-c2cc(C3(O)COC3)ccc2Oc2ccc(OCC3CCN(C(=O)OC(C)(C)C)CC3)cc2)c2cc[nH]c2c1=O. The van der Waals surface area contributed by atoms with Gasteiger partial charge in [-0.05, 0) is 87.6 Å². The summed E-state index contributed by atoms with van der Waals surface area (Å²) in [4.78, 5) is 29.9. The molecule has 0 atom stereocenters. The van der Waals surface area contributed by atoms with Crippen LogP contribution < -0.4 is 15.0 Å². The second-order valence-electron chi connectivity index (χ2n) is 12.8. The fourth-order valence-corrected chi connectivity index (χ4v) is 5.62. The van der Waals surface area contributed by atoms with E-state index in [-0.39, 0.29) is 24.9 Å². The number of carbonyl (C=O) groups excluding carboxylic acids is 1. The third kappa shape index (κ3) is 6.18. The average molecular weight is 602 g/mol. The number of hydrogen-bond acceptors (Lipinski definition) is 7. The molecule has 0 bridgehead atoms. The summed E-state index contributed by atoms with van der Waals surface area (Å²) in [6.45, 7) is 7.97. The van der Waals surface area contributed by atoms with E-state index in [4.69, 9.17) is 18.9 Å². The predicted molar refractivity (Wildman–Crippen MR) is 166 cm³/mol. The molecule has 2 aliphatic rings. The van der Waals surface area contributed by atoms with Gasteiger partial charge in [0.25, 0.3) is 5.56 Å². The number of amides is 1. The van der Waals surface area contributed by atoms with Gasteiger partial charge >= 0.3 is 6.09 Å². The van der Waals surface area contributed by atoms with Crippen LogP contribution in [-0.4, -0.2) is 64.2 Å². The lowest BCUT2D eigenvalue weighted by Gasteiger charge is -2.37. The fraction of sp³-hybridized carbons (Fsp3) is 0.412. The quantitative estimate of drug-likeness (QED) is 0.285. The fourth-order valence-electron chi connectivity index (χ4n) is 5.62. The van der Waals surface area contributed by atoms with Crippen LogP contribution in [0.25, 0.3) is 22.0 Å². The predicted octanol–water partition coefficient (Wildman–Crippen LogP) is 5.57. The summed E-state index contributed by atoms with van der Waals surface area (Å²) < 4.78 is 24.8. The van der Waals surface area contributed by atoms with Crippen molar-refractivity contribution in [3.8, 4) is 28.4 Å². The number of carbonyl (C=O) groups is 1. The van der Waals surface area contributed by atoms with Gasteiger partial charge in [0.2, 0.25) is 0 Å². The Morgan fingerprint density at radius 2 is 1.75 bits per heavy atom. The highest BCUT2D eigenvalue weighted by molar-refractivity contribution is 5.96. The monoisotopic (exact) mass is 601 g/mol. The van der Waals surface area contributed by atoms with Gasteiger partial charge in [0.05, 0.1) is 19.8 Å². The number of ether oxygens (including phenoxy) is 4. The van der Waals surface area contributed by atoms with Crippen molar-refractivity contribution in [2.75, 3.05) is 32.9 Å². The van der Waals surface area contributed by atoms with E-state index in [9.17, 15) is 14.7 Å². The van der Waals surface area contributed by atoms with Crippen molar-refractivity contribution < 1.29 is 28.8 Å². The third-order valence-electron chi connectivity index (χ3n) is 8.19. The number of nitrogens with zero attached hydrogens (tertiary/aromatic N) is 2. The van der Waals surface area contributed by atoms with Gasteiger partial charge in [-0.25, -0.2) is 4.79 Å². The second-order valence-corrected chi connectivity index (χ2v) is 12.8. The number of hydrogen-bond donors (Lipinski definition) is 2. The van der Waals surface area contributed by atoms with E-state index in [1.807, 2.05) is 69.3 Å². The largest absolute Gasteiger partial charge is 0.493 e. The van der Waals surface area contributed by atoms with Crippen LogP contribution in [0.5, 0.6) is 17.2 Å². The minimum atomic E-state index is -1.06. The number of aromatic nitrogens is 2. The first kappa shape index (κ1) is 29.8. The van der Waals surface area contributed by atoms with E-state index in [1.54, 1.807) is 28.9 Å². The Kier molecular flexibility index (Phi) is 7.89. The molecular weight excluding hydrogens is 562 g/mol. The summed E-state index contributed by atoms with van der Waals surface area (Å²) in [6, 6.07) is 15.0. The van der Waals surface area contributed by atoms with Crippen molar-refractivity contribution >= 4 is 17.0 Å². The van der Waals surface area contributed by atoms with E-state index in [2.05, 4.69) is 4.98 Å². The number of pyridine rings is 1. The van der Waals surface area contributed by atoms with E-state index in [0.717, 1.165) is 40.7 Å². The highest BCUT2D eigenvalue weighted by Crippen LogP contribution is 2.40. The van der Waals surface area contributed by atoms with Crippen molar-refractivity contribution in [3.63, 3.8) is 0 Å². The molecule has 0 unspecified atom stereocenters. The van der Waals surface area contributed by atoms with Crippen LogP contribution in [0.1, 0.15) is 39.2 Å². The summed E-state index contributed by atoms with van der Waals surface area (Å²) in [5, 5.41) is 11.8. The lowest BCUT2D eigenvalue weighted by molar-refractivity contribution is -0.184. The molecule has 2 aromatic heterocycles. The number of aryl methyl sites for hydroxylation is 1. The summed E-state index contributed by atoms with van der Waals surface area (Å²) in [5.74, 6) is 2.30. The zero-order valence-corrected chi connectivity index (χ0v) is 25.6. The number of fused-ring (bicyclic) bond motifs is 1. The Balaban J connectivity index is 1.15. The standard InChI is InChI=1S/C34H39N3O7/c1-33(2,3)44-32(39)37-15-12-22(13-16-37)19-42-24-6-8-25(9-7-24)43-29-10-5-23(34(40)20-41-21-34)17-27(29)28-18-36(4)31(38)30-26(28)11-14-35-30/h5-11,14,17-18,22,35,40H,12-13,15-16,19-21H2,1-4H3. The van der Waals surface area contributed by atoms with Gasteiger partial charge in [-0.1, -0.05) is 6.07 Å². The zero-order valence-electron chi connectivity index (χ0n) is 25.6. The summed E-state index contributed by atoms with van der Waals surface area (Å²) >= 11 is 0. The minimum absolute atomic E-state index is 0.123. The molecule has 0 saturated carbocycles. The molecule has 10 heteroatoms. The smallest absolute Gasteiger partial charge is 0.410 e. The maximum absolute atomic E-state index is 12.7. The minimum Gasteiger partial charge on any atom is -0.493 e. The normalized spacial score (nSPS) is 16.9. The van der Waals surface area contributed by atoms with E-state index >= 15 is 0 Å². The lowest BCUT2D eigenvalue weighted by atomic mass is 9.89. The molecule has 2 saturated heterocycles. The van der Waals surface area contributed by atoms with Gasteiger partial charge in [-0.15, -0.1) is 0 Å². The number of benzene rings is 2. The Labute approximate surface area is 256 Å². The molecular formula is C34H39N3O7. The number of rotatable bonds is 7. The van der Waals surface area contributed by atoms with Crippen LogP contribution in [0, 0.1) is 5.92 Å². The van der Waals surface area contributed by atoms with Crippen molar-refractivity contribution in [1.29, 1.82) is 0 Å². The van der Waals surface area contributed by atoms with Crippen molar-refractivity contribution in [3.05, 3.63) is 76.8 Å². The van der Waals surface area contributed by atoms with Gasteiger partial charge in [-0.2, -0.15) is 0 Å². The lowest BCUT2D eigenvalue weighted by Crippen LogP contribution is -2.46. The van der Waals surface area contributed by atoms with Gasteiger partial charge in [0.1, 0.15) is 34.0 Å². The Morgan fingerprint density at radius 1 is 1.05 bits per heavy atom. The molecule has 0 spiro atoms. The first-order chi connectivity index (χ1) is 21.0. The van der Waals surface area contributed by atoms with Gasteiger partial charge in [-0.3, -0.25) is 4.79 Å². The molecule has 2 aliphatic heterocycles. The van der Waals surface area contributed by atoms with Gasteiger partial charge < -0.3 is 38.5 Å². The van der Waals surface area contributed by atoms with Crippen LogP contribution in [0.2, 0.25) is 0 Å². The number of aromatic amines is 1. The number of likely N-dealkylation sites (tertiary alicyclic amines) is 1. The Bertz CT molecular complexity index is 1710. The molecule has 2 N–H and O–H groups in total. The second kappa shape index (κ2) is 11.7. The molecule has 44 heavy (non-hydrogen) atoms.